The van der Waals surface area contributed by atoms with Gasteiger partial charge in [0.1, 0.15) is 39.9 Å². The quantitative estimate of drug-likeness (QED) is 0.666. The van der Waals surface area contributed by atoms with E-state index in [1.54, 1.807) is 6.07 Å². The zero-order chi connectivity index (χ0) is 22.3. The van der Waals surface area contributed by atoms with Crippen molar-refractivity contribution in [2.24, 2.45) is 0 Å². The highest BCUT2D eigenvalue weighted by Crippen LogP contribution is 2.45. The molecule has 4 rings (SSSR count). The van der Waals surface area contributed by atoms with Crippen LogP contribution < -0.4 is 14.9 Å². The zero-order valence-corrected chi connectivity index (χ0v) is 17.4. The first-order chi connectivity index (χ1) is 14.9. The van der Waals surface area contributed by atoms with E-state index in [0.29, 0.717) is 17.7 Å². The summed E-state index contributed by atoms with van der Waals surface area (Å²) in [6.07, 6.45) is 0.682. The van der Waals surface area contributed by atoms with Crippen LogP contribution in [0.25, 0.3) is 22.3 Å². The number of likely N-dealkylation sites (tertiary alicyclic amines) is 1. The summed E-state index contributed by atoms with van der Waals surface area (Å²) < 4.78 is 45.8. The molecule has 0 amide bonds. The molecule has 0 radical (unpaired) electrons. The molecule has 0 spiro atoms. The number of rotatable bonds is 5. The van der Waals surface area contributed by atoms with Gasteiger partial charge < -0.3 is 23.9 Å². The first-order valence-corrected chi connectivity index (χ1v) is 9.89. The monoisotopic (exact) mass is 431 g/mol. The summed E-state index contributed by atoms with van der Waals surface area (Å²) in [4.78, 5) is 15.1. The average molecular weight is 431 g/mol. The van der Waals surface area contributed by atoms with Gasteiger partial charge in [-0.05, 0) is 32.1 Å². The topological polar surface area (TPSA) is 72.1 Å². The van der Waals surface area contributed by atoms with Gasteiger partial charge in [-0.3, -0.25) is 4.79 Å². The summed E-state index contributed by atoms with van der Waals surface area (Å²) in [5.74, 6) is -1.48. The van der Waals surface area contributed by atoms with Crippen molar-refractivity contribution in [2.75, 3.05) is 34.4 Å². The molecule has 1 aliphatic rings. The van der Waals surface area contributed by atoms with E-state index in [4.69, 9.17) is 13.9 Å². The number of halogens is 2. The lowest BCUT2D eigenvalue weighted by molar-refractivity contribution is 0.171. The summed E-state index contributed by atoms with van der Waals surface area (Å²) in [5, 5.41) is 10.1. The molecule has 2 atom stereocenters. The van der Waals surface area contributed by atoms with Crippen LogP contribution in [0, 0.1) is 11.6 Å². The molecule has 1 aromatic heterocycles. The standard InChI is InChI=1S/C23H23F2NO5/c1-26-8-7-12(15(26)11-27)20-17(29-2)10-18(30-3)22-16(28)9-19(31-23(20)22)21-13(24)5-4-6-14(21)25/h4-6,9-10,12,15,27H,7-8,11H2,1-3H3/t12-,15+/m1/s1. The molecule has 164 valence electrons. The predicted molar refractivity (Wildman–Crippen MR) is 112 cm³/mol. The highest BCUT2D eigenvalue weighted by molar-refractivity contribution is 5.90. The number of ether oxygens (including phenoxy) is 2. The molecule has 0 bridgehead atoms. The second kappa shape index (κ2) is 8.28. The van der Waals surface area contributed by atoms with E-state index < -0.39 is 22.6 Å². The lowest BCUT2D eigenvalue weighted by Crippen LogP contribution is -2.32. The van der Waals surface area contributed by atoms with E-state index in [1.807, 2.05) is 11.9 Å². The maximum Gasteiger partial charge on any atom is 0.197 e. The normalized spacial score (nSPS) is 19.2. The van der Waals surface area contributed by atoms with E-state index in [1.165, 1.54) is 20.3 Å². The Morgan fingerprint density at radius 2 is 1.84 bits per heavy atom. The number of methoxy groups -OCH3 is 2. The third-order valence-electron chi connectivity index (χ3n) is 6.00. The van der Waals surface area contributed by atoms with Crippen LogP contribution >= 0.6 is 0 Å². The highest BCUT2D eigenvalue weighted by Gasteiger charge is 2.37. The highest BCUT2D eigenvalue weighted by atomic mass is 19.1. The molecule has 8 heteroatoms. The summed E-state index contributed by atoms with van der Waals surface area (Å²) in [5.41, 5.74) is -0.208. The molecule has 31 heavy (non-hydrogen) atoms. The molecule has 6 nitrogen and oxygen atoms in total. The number of likely N-dealkylation sites (N-methyl/N-ethyl adjacent to an activating group) is 1. The number of hydrogen-bond acceptors (Lipinski definition) is 6. The zero-order valence-electron chi connectivity index (χ0n) is 17.4. The van der Waals surface area contributed by atoms with Crippen LogP contribution in [-0.4, -0.2) is 50.5 Å². The molecule has 0 unspecified atom stereocenters. The van der Waals surface area contributed by atoms with Gasteiger partial charge in [0, 0.05) is 29.7 Å². The van der Waals surface area contributed by atoms with Crippen molar-refractivity contribution in [2.45, 2.75) is 18.4 Å². The molecule has 2 aromatic carbocycles. The van der Waals surface area contributed by atoms with Crippen molar-refractivity contribution in [3.63, 3.8) is 0 Å². The largest absolute Gasteiger partial charge is 0.496 e. The van der Waals surface area contributed by atoms with Crippen molar-refractivity contribution < 1.29 is 27.8 Å². The van der Waals surface area contributed by atoms with Gasteiger partial charge in [0.15, 0.2) is 5.43 Å². The van der Waals surface area contributed by atoms with Gasteiger partial charge in [-0.2, -0.15) is 0 Å². The molecule has 1 N–H and O–H groups in total. The minimum absolute atomic E-state index is 0.107. The van der Waals surface area contributed by atoms with Crippen LogP contribution in [0.5, 0.6) is 11.5 Å². The van der Waals surface area contributed by atoms with Crippen LogP contribution in [0.3, 0.4) is 0 Å². The Labute approximate surface area is 177 Å². The van der Waals surface area contributed by atoms with E-state index in [-0.39, 0.29) is 41.0 Å². The molecule has 1 saturated heterocycles. The molecular formula is C23H23F2NO5. The maximum absolute atomic E-state index is 14.4. The fourth-order valence-corrected chi connectivity index (χ4v) is 4.45. The van der Waals surface area contributed by atoms with Crippen molar-refractivity contribution >= 4 is 11.0 Å². The smallest absolute Gasteiger partial charge is 0.197 e. The first-order valence-electron chi connectivity index (χ1n) is 9.89. The first kappa shape index (κ1) is 21.3. The van der Waals surface area contributed by atoms with Crippen LogP contribution in [0.4, 0.5) is 8.78 Å². The molecule has 2 heterocycles. The molecule has 1 fully saturated rings. The molecule has 3 aromatic rings. The third-order valence-corrected chi connectivity index (χ3v) is 6.00. The third kappa shape index (κ3) is 3.45. The van der Waals surface area contributed by atoms with Crippen molar-refractivity contribution in [1.29, 1.82) is 0 Å². The number of nitrogens with zero attached hydrogens (tertiary/aromatic N) is 1. The van der Waals surface area contributed by atoms with Crippen LogP contribution in [0.1, 0.15) is 17.9 Å². The number of aliphatic hydroxyl groups is 1. The summed E-state index contributed by atoms with van der Waals surface area (Å²) in [7, 11) is 4.79. The molecule has 0 saturated carbocycles. The van der Waals surface area contributed by atoms with Crippen LogP contribution in [0.15, 0.2) is 39.5 Å². The van der Waals surface area contributed by atoms with Gasteiger partial charge in [0.05, 0.1) is 26.4 Å². The van der Waals surface area contributed by atoms with Gasteiger partial charge >= 0.3 is 0 Å². The number of fused-ring (bicyclic) bond motifs is 1. The van der Waals surface area contributed by atoms with Crippen molar-refractivity contribution in [1.82, 2.24) is 4.90 Å². The fourth-order valence-electron chi connectivity index (χ4n) is 4.45. The van der Waals surface area contributed by atoms with Gasteiger partial charge in [0.25, 0.3) is 0 Å². The average Bonchev–Trinajstić information content (AvgIpc) is 3.12. The Morgan fingerprint density at radius 3 is 2.45 bits per heavy atom. The molecule has 0 aliphatic carbocycles. The van der Waals surface area contributed by atoms with E-state index in [2.05, 4.69) is 0 Å². The minimum atomic E-state index is -0.840. The maximum atomic E-state index is 14.4. The number of benzene rings is 2. The van der Waals surface area contributed by atoms with Gasteiger partial charge in [-0.15, -0.1) is 0 Å². The summed E-state index contributed by atoms with van der Waals surface area (Å²) in [6.45, 7) is 0.613. The summed E-state index contributed by atoms with van der Waals surface area (Å²) >= 11 is 0. The Balaban J connectivity index is 2.09. The minimum Gasteiger partial charge on any atom is -0.496 e. The number of hydrogen-bond donors (Lipinski definition) is 1. The lowest BCUT2D eigenvalue weighted by Gasteiger charge is -2.25. The second-order valence-electron chi connectivity index (χ2n) is 7.60. The Morgan fingerprint density at radius 1 is 1.16 bits per heavy atom. The van der Waals surface area contributed by atoms with Crippen molar-refractivity contribution in [3.05, 3.63) is 57.8 Å². The van der Waals surface area contributed by atoms with Gasteiger partial charge in [-0.25, -0.2) is 8.78 Å². The Kier molecular flexibility index (Phi) is 5.68. The van der Waals surface area contributed by atoms with E-state index >= 15 is 0 Å². The lowest BCUT2D eigenvalue weighted by atomic mass is 9.89. The van der Waals surface area contributed by atoms with Crippen LogP contribution in [0.2, 0.25) is 0 Å². The fraction of sp³-hybridized carbons (Fsp3) is 0.348. The van der Waals surface area contributed by atoms with Gasteiger partial charge in [0.2, 0.25) is 0 Å². The van der Waals surface area contributed by atoms with Crippen molar-refractivity contribution in [3.8, 4) is 22.8 Å². The Hall–Kier alpha value is -2.97. The van der Waals surface area contributed by atoms with Gasteiger partial charge in [-0.1, -0.05) is 6.07 Å². The molecular weight excluding hydrogens is 408 g/mol. The van der Waals surface area contributed by atoms with Crippen LogP contribution in [-0.2, 0) is 0 Å². The summed E-state index contributed by atoms with van der Waals surface area (Å²) in [6, 6.07) is 5.87. The van der Waals surface area contributed by atoms with E-state index in [0.717, 1.165) is 24.7 Å². The SMILES string of the molecule is COc1cc(OC)c2c(=O)cc(-c3c(F)cccc3F)oc2c1[C@@H]1CCN(C)[C@H]1CO. The van der Waals surface area contributed by atoms with E-state index in [9.17, 15) is 18.7 Å². The predicted octanol–water partition coefficient (Wildman–Crippen LogP) is 3.54. The molecule has 1 aliphatic heterocycles. The Bertz CT molecular complexity index is 1170. The number of aliphatic hydroxyl groups excluding tert-OH is 1. The second-order valence-corrected chi connectivity index (χ2v) is 7.60.